The van der Waals surface area contributed by atoms with Gasteiger partial charge in [-0.15, -0.1) is 0 Å². The van der Waals surface area contributed by atoms with E-state index in [9.17, 15) is 4.79 Å². The van der Waals surface area contributed by atoms with Gasteiger partial charge in [0, 0.05) is 24.0 Å². The number of methoxy groups -OCH3 is 2. The summed E-state index contributed by atoms with van der Waals surface area (Å²) >= 11 is 6.06. The van der Waals surface area contributed by atoms with Gasteiger partial charge in [-0.05, 0) is 43.2 Å². The van der Waals surface area contributed by atoms with Gasteiger partial charge >= 0.3 is 0 Å². The molecule has 2 aromatic carbocycles. The van der Waals surface area contributed by atoms with Gasteiger partial charge in [-0.1, -0.05) is 23.7 Å². The number of ether oxygens (including phenoxy) is 2. The van der Waals surface area contributed by atoms with Crippen LogP contribution >= 0.6 is 11.6 Å². The van der Waals surface area contributed by atoms with Crippen molar-refractivity contribution < 1.29 is 14.3 Å². The van der Waals surface area contributed by atoms with E-state index in [1.807, 2.05) is 24.3 Å². The number of rotatable bonds is 5. The van der Waals surface area contributed by atoms with Crippen molar-refractivity contribution in [2.45, 2.75) is 12.8 Å². The summed E-state index contributed by atoms with van der Waals surface area (Å²) in [6, 6.07) is 12.9. The Kier molecular flexibility index (Phi) is 5.90. The van der Waals surface area contributed by atoms with Gasteiger partial charge in [-0.25, -0.2) is 9.97 Å². The minimum absolute atomic E-state index is 0.0354. The van der Waals surface area contributed by atoms with Crippen LogP contribution in [0, 0.1) is 5.92 Å². The molecule has 1 N–H and O–H groups in total. The van der Waals surface area contributed by atoms with Gasteiger partial charge in [0.15, 0.2) is 5.82 Å². The average molecular weight is 427 g/mol. The molecule has 4 rings (SSSR count). The number of nitrogens with zero attached hydrogens (tertiary/aromatic N) is 3. The second kappa shape index (κ2) is 8.75. The van der Waals surface area contributed by atoms with Crippen LogP contribution in [-0.2, 0) is 4.79 Å². The standard InChI is InChI=1S/C22H23ClN4O3/c1-29-19-8-7-15(23)13-18(19)25-21(28)14-9-11-27(12-10-14)20-22(30-2)26-17-6-4-3-5-16(17)24-20/h3-8,13-14H,9-12H2,1-2H3,(H,25,28). The number of hydrogen-bond donors (Lipinski definition) is 1. The zero-order chi connectivity index (χ0) is 21.1. The number of fused-ring (bicyclic) bond motifs is 1. The molecule has 0 radical (unpaired) electrons. The third-order valence-corrected chi connectivity index (χ3v) is 5.53. The van der Waals surface area contributed by atoms with Crippen molar-refractivity contribution in [2.75, 3.05) is 37.5 Å². The number of anilines is 2. The van der Waals surface area contributed by atoms with Gasteiger partial charge in [0.25, 0.3) is 5.88 Å². The maximum atomic E-state index is 12.8. The van der Waals surface area contributed by atoms with Crippen LogP contribution < -0.4 is 19.7 Å². The Hall–Kier alpha value is -3.06. The number of para-hydroxylation sites is 2. The lowest BCUT2D eigenvalue weighted by Crippen LogP contribution is -2.38. The molecule has 2 heterocycles. The smallest absolute Gasteiger partial charge is 0.257 e. The first-order valence-electron chi connectivity index (χ1n) is 9.79. The zero-order valence-electron chi connectivity index (χ0n) is 16.9. The summed E-state index contributed by atoms with van der Waals surface area (Å²) in [5.41, 5.74) is 2.20. The number of carbonyl (C=O) groups excluding carboxylic acids is 1. The van der Waals surface area contributed by atoms with E-state index in [1.165, 1.54) is 0 Å². The maximum Gasteiger partial charge on any atom is 0.257 e. The van der Waals surface area contributed by atoms with Crippen LogP contribution in [0.15, 0.2) is 42.5 Å². The predicted molar refractivity (Wildman–Crippen MR) is 118 cm³/mol. The van der Waals surface area contributed by atoms with Crippen molar-refractivity contribution in [2.24, 2.45) is 5.92 Å². The number of hydrogen-bond acceptors (Lipinski definition) is 6. The first-order valence-corrected chi connectivity index (χ1v) is 10.2. The summed E-state index contributed by atoms with van der Waals surface area (Å²) in [5.74, 6) is 1.66. The number of piperidine rings is 1. The summed E-state index contributed by atoms with van der Waals surface area (Å²) in [6.45, 7) is 1.38. The highest BCUT2D eigenvalue weighted by Gasteiger charge is 2.28. The van der Waals surface area contributed by atoms with Gasteiger partial charge in [0.2, 0.25) is 5.91 Å². The van der Waals surface area contributed by atoms with Gasteiger partial charge in [0.05, 0.1) is 30.9 Å². The lowest BCUT2D eigenvalue weighted by atomic mass is 9.95. The second-order valence-electron chi connectivity index (χ2n) is 7.14. The molecule has 156 valence electrons. The Morgan fingerprint density at radius 3 is 2.43 bits per heavy atom. The fourth-order valence-corrected chi connectivity index (χ4v) is 3.86. The molecule has 1 aromatic heterocycles. The summed E-state index contributed by atoms with van der Waals surface area (Å²) < 4.78 is 10.8. The van der Waals surface area contributed by atoms with Crippen molar-refractivity contribution >= 4 is 40.0 Å². The highest BCUT2D eigenvalue weighted by Crippen LogP contribution is 2.32. The molecule has 3 aromatic rings. The molecule has 0 saturated carbocycles. The van der Waals surface area contributed by atoms with Crippen LogP contribution in [0.3, 0.4) is 0 Å². The molecule has 0 bridgehead atoms. The topological polar surface area (TPSA) is 76.6 Å². The molecule has 1 fully saturated rings. The van der Waals surface area contributed by atoms with Crippen LogP contribution in [0.4, 0.5) is 11.5 Å². The largest absolute Gasteiger partial charge is 0.495 e. The van der Waals surface area contributed by atoms with E-state index in [1.54, 1.807) is 32.4 Å². The van der Waals surface area contributed by atoms with E-state index < -0.39 is 0 Å². The fraction of sp³-hybridized carbons (Fsp3) is 0.318. The van der Waals surface area contributed by atoms with Crippen LogP contribution in [-0.4, -0.2) is 43.2 Å². The summed E-state index contributed by atoms with van der Waals surface area (Å²) in [4.78, 5) is 24.3. The third-order valence-electron chi connectivity index (χ3n) is 5.30. The van der Waals surface area contributed by atoms with E-state index in [0.29, 0.717) is 54.1 Å². The Morgan fingerprint density at radius 2 is 1.77 bits per heavy atom. The van der Waals surface area contributed by atoms with Crippen molar-refractivity contribution in [3.8, 4) is 11.6 Å². The zero-order valence-corrected chi connectivity index (χ0v) is 17.6. The molecule has 0 spiro atoms. The van der Waals surface area contributed by atoms with E-state index in [0.717, 1.165) is 11.0 Å². The highest BCUT2D eigenvalue weighted by atomic mass is 35.5. The van der Waals surface area contributed by atoms with Gasteiger partial charge in [-0.2, -0.15) is 0 Å². The van der Waals surface area contributed by atoms with Crippen molar-refractivity contribution in [1.82, 2.24) is 9.97 Å². The Bertz CT molecular complexity index is 1070. The highest BCUT2D eigenvalue weighted by molar-refractivity contribution is 6.31. The van der Waals surface area contributed by atoms with Crippen LogP contribution in [0.5, 0.6) is 11.6 Å². The molecular formula is C22H23ClN4O3. The van der Waals surface area contributed by atoms with E-state index in [4.69, 9.17) is 26.1 Å². The minimum Gasteiger partial charge on any atom is -0.495 e. The number of aromatic nitrogens is 2. The Labute approximate surface area is 180 Å². The van der Waals surface area contributed by atoms with Crippen molar-refractivity contribution in [3.05, 3.63) is 47.5 Å². The molecule has 1 aliphatic rings. The molecule has 1 amide bonds. The summed E-state index contributed by atoms with van der Waals surface area (Å²) in [7, 11) is 3.16. The SMILES string of the molecule is COc1ccc(Cl)cc1NC(=O)C1CCN(c2nc3ccccc3nc2OC)CC1. The average Bonchev–Trinajstić information content (AvgIpc) is 2.78. The normalized spacial score (nSPS) is 14.6. The van der Waals surface area contributed by atoms with Gasteiger partial charge < -0.3 is 19.7 Å². The first-order chi connectivity index (χ1) is 14.6. The van der Waals surface area contributed by atoms with E-state index in [2.05, 4.69) is 15.2 Å². The summed E-state index contributed by atoms with van der Waals surface area (Å²) in [6.07, 6.45) is 1.40. The Morgan fingerprint density at radius 1 is 1.07 bits per heavy atom. The number of halogens is 1. The number of benzene rings is 2. The molecule has 30 heavy (non-hydrogen) atoms. The Balaban J connectivity index is 1.46. The number of carbonyl (C=O) groups is 1. The lowest BCUT2D eigenvalue weighted by molar-refractivity contribution is -0.120. The minimum atomic E-state index is -0.107. The van der Waals surface area contributed by atoms with Crippen molar-refractivity contribution in [1.29, 1.82) is 0 Å². The monoisotopic (exact) mass is 426 g/mol. The molecule has 0 unspecified atom stereocenters. The first kappa shape index (κ1) is 20.2. The molecule has 0 atom stereocenters. The fourth-order valence-electron chi connectivity index (χ4n) is 3.68. The molecule has 7 nitrogen and oxygen atoms in total. The molecule has 8 heteroatoms. The third kappa shape index (κ3) is 4.11. The maximum absolute atomic E-state index is 12.8. The van der Waals surface area contributed by atoms with Crippen LogP contribution in [0.2, 0.25) is 5.02 Å². The summed E-state index contributed by atoms with van der Waals surface area (Å²) in [5, 5.41) is 3.50. The predicted octanol–water partition coefficient (Wildman–Crippen LogP) is 4.16. The van der Waals surface area contributed by atoms with Gasteiger partial charge in [0.1, 0.15) is 5.75 Å². The van der Waals surface area contributed by atoms with Gasteiger partial charge in [-0.3, -0.25) is 4.79 Å². The quantitative estimate of drug-likeness (QED) is 0.660. The number of nitrogens with one attached hydrogen (secondary N) is 1. The molecule has 1 aliphatic heterocycles. The van der Waals surface area contributed by atoms with Crippen LogP contribution in [0.1, 0.15) is 12.8 Å². The van der Waals surface area contributed by atoms with E-state index >= 15 is 0 Å². The van der Waals surface area contributed by atoms with Crippen molar-refractivity contribution in [3.63, 3.8) is 0 Å². The van der Waals surface area contributed by atoms with Crippen LogP contribution in [0.25, 0.3) is 11.0 Å². The molecular weight excluding hydrogens is 404 g/mol. The lowest BCUT2D eigenvalue weighted by Gasteiger charge is -2.32. The van der Waals surface area contributed by atoms with E-state index in [-0.39, 0.29) is 11.8 Å². The second-order valence-corrected chi connectivity index (χ2v) is 7.58. The molecule has 1 saturated heterocycles. The molecule has 0 aliphatic carbocycles. The number of amides is 1.